The fraction of sp³-hybridized carbons (Fsp3) is 0.435. The summed E-state index contributed by atoms with van der Waals surface area (Å²) < 4.78 is 1.58. The van der Waals surface area contributed by atoms with Crippen molar-refractivity contribution < 1.29 is 4.79 Å². The highest BCUT2D eigenvalue weighted by atomic mass is 32.1. The standard InChI is InChI=1S/C23H28N4O2S/c1-16-5-4-6-19(13-16)14-25-9-11-26(12-10-25)20(28)7-8-27-15-24-22-21(23(27)29)17(2)18(3)30-22/h4-6,13,15H,7-12,14H2,1-3H3. The molecule has 6 nitrogen and oxygen atoms in total. The first-order valence-electron chi connectivity index (χ1n) is 10.4. The van der Waals surface area contributed by atoms with Crippen LogP contribution in [0.1, 0.15) is 28.0 Å². The third-order valence-corrected chi connectivity index (χ3v) is 7.05. The molecule has 1 amide bonds. The van der Waals surface area contributed by atoms with Crippen LogP contribution in [0.2, 0.25) is 0 Å². The van der Waals surface area contributed by atoms with E-state index in [1.54, 1.807) is 22.2 Å². The van der Waals surface area contributed by atoms with Crippen LogP contribution in [0.5, 0.6) is 0 Å². The molecule has 158 valence electrons. The number of amides is 1. The van der Waals surface area contributed by atoms with E-state index in [1.165, 1.54) is 11.1 Å². The van der Waals surface area contributed by atoms with Gasteiger partial charge in [0.05, 0.1) is 11.7 Å². The predicted octanol–water partition coefficient (Wildman–Crippen LogP) is 3.12. The average molecular weight is 425 g/mol. The molecular weight excluding hydrogens is 396 g/mol. The molecule has 0 unspecified atom stereocenters. The SMILES string of the molecule is Cc1cccc(CN2CCN(C(=O)CCn3cnc4sc(C)c(C)c4c3=O)CC2)c1. The van der Waals surface area contributed by atoms with Crippen LogP contribution in [-0.4, -0.2) is 51.4 Å². The summed E-state index contributed by atoms with van der Waals surface area (Å²) in [6.07, 6.45) is 1.90. The molecule has 0 N–H and O–H groups in total. The minimum absolute atomic E-state index is 0.0439. The molecule has 30 heavy (non-hydrogen) atoms. The van der Waals surface area contributed by atoms with E-state index in [1.807, 2.05) is 18.7 Å². The first kappa shape index (κ1) is 20.8. The van der Waals surface area contributed by atoms with Gasteiger partial charge in [-0.25, -0.2) is 4.98 Å². The van der Waals surface area contributed by atoms with Gasteiger partial charge in [0.15, 0.2) is 0 Å². The molecule has 0 atom stereocenters. The van der Waals surface area contributed by atoms with Crippen molar-refractivity contribution in [3.63, 3.8) is 0 Å². The molecular formula is C23H28N4O2S. The predicted molar refractivity (Wildman–Crippen MR) is 121 cm³/mol. The average Bonchev–Trinajstić information content (AvgIpc) is 3.02. The quantitative estimate of drug-likeness (QED) is 0.632. The van der Waals surface area contributed by atoms with Gasteiger partial charge in [-0.15, -0.1) is 11.3 Å². The van der Waals surface area contributed by atoms with Gasteiger partial charge in [0.2, 0.25) is 5.91 Å². The summed E-state index contributed by atoms with van der Waals surface area (Å²) in [5.41, 5.74) is 3.54. The van der Waals surface area contributed by atoms with Crippen LogP contribution in [-0.2, 0) is 17.9 Å². The summed E-state index contributed by atoms with van der Waals surface area (Å²) >= 11 is 1.55. The Balaban J connectivity index is 1.32. The molecule has 1 aliphatic rings. The fourth-order valence-corrected chi connectivity index (χ4v) is 5.02. The number of fused-ring (bicyclic) bond motifs is 1. The van der Waals surface area contributed by atoms with Crippen molar-refractivity contribution in [2.24, 2.45) is 0 Å². The largest absolute Gasteiger partial charge is 0.340 e. The number of nitrogens with zero attached hydrogens (tertiary/aromatic N) is 4. The van der Waals surface area contributed by atoms with Gasteiger partial charge in [-0.05, 0) is 31.9 Å². The minimum atomic E-state index is -0.0439. The monoisotopic (exact) mass is 424 g/mol. The lowest BCUT2D eigenvalue weighted by Gasteiger charge is -2.35. The number of hydrogen-bond donors (Lipinski definition) is 0. The number of rotatable bonds is 5. The number of aryl methyl sites for hydroxylation is 4. The van der Waals surface area contributed by atoms with E-state index in [9.17, 15) is 9.59 Å². The van der Waals surface area contributed by atoms with E-state index in [-0.39, 0.29) is 11.5 Å². The number of piperazine rings is 1. The van der Waals surface area contributed by atoms with Crippen molar-refractivity contribution >= 4 is 27.5 Å². The zero-order valence-corrected chi connectivity index (χ0v) is 18.7. The van der Waals surface area contributed by atoms with Crippen LogP contribution in [0.4, 0.5) is 0 Å². The number of carbonyl (C=O) groups is 1. The molecule has 0 spiro atoms. The molecule has 1 aromatic carbocycles. The Morgan fingerprint density at radius 3 is 2.63 bits per heavy atom. The highest BCUT2D eigenvalue weighted by Crippen LogP contribution is 2.25. The molecule has 1 saturated heterocycles. The zero-order valence-electron chi connectivity index (χ0n) is 17.9. The maximum atomic E-state index is 12.8. The molecule has 4 rings (SSSR count). The molecule has 0 bridgehead atoms. The van der Waals surface area contributed by atoms with Gasteiger partial charge in [-0.2, -0.15) is 0 Å². The second-order valence-electron chi connectivity index (χ2n) is 8.10. The van der Waals surface area contributed by atoms with Gasteiger partial charge >= 0.3 is 0 Å². The Kier molecular flexibility index (Phi) is 6.01. The summed E-state index contributed by atoms with van der Waals surface area (Å²) in [4.78, 5) is 36.1. The van der Waals surface area contributed by atoms with E-state index < -0.39 is 0 Å². The van der Waals surface area contributed by atoms with Crippen LogP contribution >= 0.6 is 11.3 Å². The zero-order chi connectivity index (χ0) is 21.3. The summed E-state index contributed by atoms with van der Waals surface area (Å²) in [5, 5.41) is 0.692. The van der Waals surface area contributed by atoms with Crippen molar-refractivity contribution in [1.82, 2.24) is 19.4 Å². The first-order valence-corrected chi connectivity index (χ1v) is 11.2. The van der Waals surface area contributed by atoms with E-state index >= 15 is 0 Å². The maximum absolute atomic E-state index is 12.8. The first-order chi connectivity index (χ1) is 14.4. The van der Waals surface area contributed by atoms with Crippen LogP contribution in [0.15, 0.2) is 35.4 Å². The third kappa shape index (κ3) is 4.32. The van der Waals surface area contributed by atoms with Gasteiger partial charge in [-0.1, -0.05) is 29.8 Å². The van der Waals surface area contributed by atoms with Crippen LogP contribution < -0.4 is 5.56 Å². The molecule has 1 aliphatic heterocycles. The second-order valence-corrected chi connectivity index (χ2v) is 9.31. The van der Waals surface area contributed by atoms with Gasteiger partial charge in [0.25, 0.3) is 5.56 Å². The highest BCUT2D eigenvalue weighted by Gasteiger charge is 2.21. The third-order valence-electron chi connectivity index (χ3n) is 5.94. The lowest BCUT2D eigenvalue weighted by atomic mass is 10.1. The normalized spacial score (nSPS) is 15.1. The topological polar surface area (TPSA) is 58.4 Å². The van der Waals surface area contributed by atoms with E-state index in [0.29, 0.717) is 18.4 Å². The molecule has 0 saturated carbocycles. The van der Waals surface area contributed by atoms with Crippen LogP contribution in [0.25, 0.3) is 10.2 Å². The maximum Gasteiger partial charge on any atom is 0.262 e. The Morgan fingerprint density at radius 1 is 1.13 bits per heavy atom. The second kappa shape index (κ2) is 8.70. The summed E-state index contributed by atoms with van der Waals surface area (Å²) in [6.45, 7) is 10.6. The summed E-state index contributed by atoms with van der Waals surface area (Å²) in [7, 11) is 0. The Hall–Kier alpha value is -2.51. The molecule has 1 fully saturated rings. The summed E-state index contributed by atoms with van der Waals surface area (Å²) in [5.74, 6) is 0.107. The fourth-order valence-electron chi connectivity index (χ4n) is 4.03. The number of hydrogen-bond acceptors (Lipinski definition) is 5. The smallest absolute Gasteiger partial charge is 0.262 e. The molecule has 2 aromatic heterocycles. The Morgan fingerprint density at radius 2 is 1.90 bits per heavy atom. The van der Waals surface area contributed by atoms with Crippen molar-refractivity contribution in [2.75, 3.05) is 26.2 Å². The summed E-state index contributed by atoms with van der Waals surface area (Å²) in [6, 6.07) is 8.58. The number of benzene rings is 1. The molecule has 3 heterocycles. The van der Waals surface area contributed by atoms with Gasteiger partial charge in [0, 0.05) is 50.6 Å². The molecule has 7 heteroatoms. The Bertz CT molecular complexity index is 1130. The molecule has 0 radical (unpaired) electrons. The lowest BCUT2D eigenvalue weighted by Crippen LogP contribution is -2.48. The van der Waals surface area contributed by atoms with Gasteiger partial charge in [0.1, 0.15) is 4.83 Å². The van der Waals surface area contributed by atoms with Crippen LogP contribution in [0, 0.1) is 20.8 Å². The molecule has 3 aromatic rings. The number of thiophene rings is 1. The van der Waals surface area contributed by atoms with E-state index in [0.717, 1.165) is 48.0 Å². The minimum Gasteiger partial charge on any atom is -0.340 e. The number of aromatic nitrogens is 2. The van der Waals surface area contributed by atoms with Crippen molar-refractivity contribution in [3.8, 4) is 0 Å². The van der Waals surface area contributed by atoms with E-state index in [2.05, 4.69) is 41.1 Å². The lowest BCUT2D eigenvalue weighted by molar-refractivity contribution is -0.133. The van der Waals surface area contributed by atoms with Crippen molar-refractivity contribution in [3.05, 3.63) is 62.5 Å². The van der Waals surface area contributed by atoms with Crippen molar-refractivity contribution in [2.45, 2.75) is 40.3 Å². The molecule has 0 aliphatic carbocycles. The van der Waals surface area contributed by atoms with E-state index in [4.69, 9.17) is 0 Å². The van der Waals surface area contributed by atoms with Crippen molar-refractivity contribution in [1.29, 1.82) is 0 Å². The van der Waals surface area contributed by atoms with Gasteiger partial charge in [-0.3, -0.25) is 19.1 Å². The number of carbonyl (C=O) groups excluding carboxylic acids is 1. The Labute approximate surface area is 180 Å². The van der Waals surface area contributed by atoms with Crippen LogP contribution in [0.3, 0.4) is 0 Å². The highest BCUT2D eigenvalue weighted by molar-refractivity contribution is 7.18. The van der Waals surface area contributed by atoms with Gasteiger partial charge < -0.3 is 4.90 Å².